The number of aromatic nitrogens is 2. The minimum Gasteiger partial charge on any atom is -0.469 e. The highest BCUT2D eigenvalue weighted by Gasteiger charge is 2.38. The molecular weight excluding hydrogens is 400 g/mol. The lowest BCUT2D eigenvalue weighted by Gasteiger charge is -2.30. The number of hydrogen-bond donors (Lipinski definition) is 1. The Bertz CT molecular complexity index is 738. The number of ether oxygens (including phenoxy) is 1. The smallest absolute Gasteiger partial charge is 0.307 e. The van der Waals surface area contributed by atoms with Crippen LogP contribution in [0.4, 0.5) is 0 Å². The average Bonchev–Trinajstić information content (AvgIpc) is 3.08. The first-order valence-electron chi connectivity index (χ1n) is 11.2. The quantitative estimate of drug-likeness (QED) is 0.443. The summed E-state index contributed by atoms with van der Waals surface area (Å²) in [5.74, 6) is 0.646. The monoisotopic (exact) mass is 436 g/mol. The molecule has 1 heterocycles. The summed E-state index contributed by atoms with van der Waals surface area (Å²) < 4.78 is 10.1. The molecule has 0 atom stereocenters. The molecular formula is C22H36N4O5. The SMILES string of the molecule is COC(=O)CCN(CC(C)C)C(=O)CCc1nc(C2(NC(C)=O)CCCCCC2)no1. The highest BCUT2D eigenvalue weighted by molar-refractivity contribution is 5.77. The predicted octanol–water partition coefficient (Wildman–Crippen LogP) is 2.74. The van der Waals surface area contributed by atoms with E-state index in [0.29, 0.717) is 31.2 Å². The molecule has 0 unspecified atom stereocenters. The number of methoxy groups -OCH3 is 1. The maximum Gasteiger partial charge on any atom is 0.307 e. The van der Waals surface area contributed by atoms with Gasteiger partial charge in [0, 0.05) is 32.9 Å². The minimum absolute atomic E-state index is 0.0663. The molecule has 0 bridgehead atoms. The van der Waals surface area contributed by atoms with Crippen LogP contribution in [-0.4, -0.2) is 53.0 Å². The average molecular weight is 437 g/mol. The second-order valence-corrected chi connectivity index (χ2v) is 8.75. The molecule has 0 radical (unpaired) electrons. The lowest BCUT2D eigenvalue weighted by molar-refractivity contribution is -0.142. The molecule has 9 nitrogen and oxygen atoms in total. The zero-order valence-corrected chi connectivity index (χ0v) is 19.2. The Morgan fingerprint density at radius 3 is 2.42 bits per heavy atom. The maximum atomic E-state index is 12.7. The Hall–Kier alpha value is -2.45. The van der Waals surface area contributed by atoms with Gasteiger partial charge in [0.15, 0.2) is 5.82 Å². The van der Waals surface area contributed by atoms with E-state index in [-0.39, 0.29) is 36.5 Å². The van der Waals surface area contributed by atoms with E-state index in [1.54, 1.807) is 4.90 Å². The van der Waals surface area contributed by atoms with Gasteiger partial charge in [0.2, 0.25) is 17.7 Å². The second-order valence-electron chi connectivity index (χ2n) is 8.75. The van der Waals surface area contributed by atoms with Gasteiger partial charge in [-0.15, -0.1) is 0 Å². The highest BCUT2D eigenvalue weighted by atomic mass is 16.5. The number of nitrogens with zero attached hydrogens (tertiary/aromatic N) is 3. The largest absolute Gasteiger partial charge is 0.469 e. The van der Waals surface area contributed by atoms with E-state index in [0.717, 1.165) is 38.5 Å². The van der Waals surface area contributed by atoms with Crippen LogP contribution in [0.1, 0.15) is 83.9 Å². The minimum atomic E-state index is -0.599. The zero-order valence-electron chi connectivity index (χ0n) is 19.2. The van der Waals surface area contributed by atoms with E-state index in [4.69, 9.17) is 4.52 Å². The number of nitrogens with one attached hydrogen (secondary N) is 1. The Morgan fingerprint density at radius 1 is 1.16 bits per heavy atom. The fourth-order valence-corrected chi connectivity index (χ4v) is 4.08. The molecule has 1 aromatic rings. The first-order valence-corrected chi connectivity index (χ1v) is 11.2. The topological polar surface area (TPSA) is 115 Å². The van der Waals surface area contributed by atoms with Gasteiger partial charge in [0.1, 0.15) is 5.54 Å². The summed E-state index contributed by atoms with van der Waals surface area (Å²) in [6, 6.07) is 0. The van der Waals surface area contributed by atoms with Crippen LogP contribution in [0.25, 0.3) is 0 Å². The van der Waals surface area contributed by atoms with Crippen LogP contribution in [0.15, 0.2) is 4.52 Å². The Morgan fingerprint density at radius 2 is 1.84 bits per heavy atom. The van der Waals surface area contributed by atoms with Gasteiger partial charge in [-0.3, -0.25) is 14.4 Å². The molecule has 1 aliphatic carbocycles. The molecule has 0 aromatic carbocycles. The molecule has 0 spiro atoms. The van der Waals surface area contributed by atoms with E-state index in [1.807, 2.05) is 13.8 Å². The van der Waals surface area contributed by atoms with Crippen molar-refractivity contribution in [3.63, 3.8) is 0 Å². The van der Waals surface area contributed by atoms with Gasteiger partial charge in [-0.1, -0.05) is 44.7 Å². The van der Waals surface area contributed by atoms with Crippen LogP contribution < -0.4 is 5.32 Å². The highest BCUT2D eigenvalue weighted by Crippen LogP contribution is 2.34. The van der Waals surface area contributed by atoms with Crippen molar-refractivity contribution in [2.75, 3.05) is 20.2 Å². The van der Waals surface area contributed by atoms with Gasteiger partial charge < -0.3 is 19.5 Å². The molecule has 1 aliphatic rings. The third-order valence-corrected chi connectivity index (χ3v) is 5.57. The summed E-state index contributed by atoms with van der Waals surface area (Å²) in [4.78, 5) is 42.3. The van der Waals surface area contributed by atoms with Crippen molar-refractivity contribution in [1.29, 1.82) is 0 Å². The number of carbonyl (C=O) groups excluding carboxylic acids is 3. The van der Waals surface area contributed by atoms with Gasteiger partial charge >= 0.3 is 5.97 Å². The van der Waals surface area contributed by atoms with Crippen molar-refractivity contribution in [3.05, 3.63) is 11.7 Å². The molecule has 2 amide bonds. The molecule has 1 aromatic heterocycles. The van der Waals surface area contributed by atoms with Crippen LogP contribution >= 0.6 is 0 Å². The van der Waals surface area contributed by atoms with Gasteiger partial charge in [-0.25, -0.2) is 0 Å². The number of rotatable bonds is 10. The first-order chi connectivity index (χ1) is 14.8. The van der Waals surface area contributed by atoms with E-state index < -0.39 is 5.54 Å². The van der Waals surface area contributed by atoms with Gasteiger partial charge in [-0.2, -0.15) is 4.98 Å². The summed E-state index contributed by atoms with van der Waals surface area (Å²) in [6.45, 7) is 6.44. The Balaban J connectivity index is 2.03. The summed E-state index contributed by atoms with van der Waals surface area (Å²) in [5, 5.41) is 7.22. The third-order valence-electron chi connectivity index (χ3n) is 5.57. The zero-order chi connectivity index (χ0) is 22.9. The maximum absolute atomic E-state index is 12.7. The molecule has 0 aliphatic heterocycles. The molecule has 1 saturated carbocycles. The number of amides is 2. The summed E-state index contributed by atoms with van der Waals surface area (Å²) in [7, 11) is 1.34. The normalized spacial score (nSPS) is 15.9. The number of aryl methyl sites for hydroxylation is 1. The van der Waals surface area contributed by atoms with Crippen LogP contribution in [0, 0.1) is 5.92 Å². The molecule has 0 saturated heterocycles. The number of esters is 1. The molecule has 174 valence electrons. The van der Waals surface area contributed by atoms with Crippen molar-refractivity contribution in [3.8, 4) is 0 Å². The molecule has 1 N–H and O–H groups in total. The van der Waals surface area contributed by atoms with Crippen LogP contribution in [0.5, 0.6) is 0 Å². The Labute approximate surface area is 184 Å². The Kier molecular flexibility index (Phi) is 9.45. The fraction of sp³-hybridized carbons (Fsp3) is 0.773. The lowest BCUT2D eigenvalue weighted by Crippen LogP contribution is -2.45. The molecule has 2 rings (SSSR count). The van der Waals surface area contributed by atoms with Crippen LogP contribution in [0.3, 0.4) is 0 Å². The number of carbonyl (C=O) groups is 3. The van der Waals surface area contributed by atoms with E-state index >= 15 is 0 Å². The van der Waals surface area contributed by atoms with E-state index in [9.17, 15) is 14.4 Å². The van der Waals surface area contributed by atoms with Crippen molar-refractivity contribution < 1.29 is 23.6 Å². The molecule has 1 fully saturated rings. The van der Waals surface area contributed by atoms with Gasteiger partial charge in [0.05, 0.1) is 13.5 Å². The van der Waals surface area contributed by atoms with Crippen LogP contribution in [-0.2, 0) is 31.1 Å². The van der Waals surface area contributed by atoms with Crippen molar-refractivity contribution >= 4 is 17.8 Å². The number of hydrogen-bond acceptors (Lipinski definition) is 7. The van der Waals surface area contributed by atoms with Gasteiger partial charge in [-0.05, 0) is 18.8 Å². The predicted molar refractivity (Wildman–Crippen MR) is 114 cm³/mol. The molecule has 31 heavy (non-hydrogen) atoms. The van der Waals surface area contributed by atoms with Crippen molar-refractivity contribution in [2.24, 2.45) is 5.92 Å². The summed E-state index contributed by atoms with van der Waals surface area (Å²) in [5.41, 5.74) is -0.599. The van der Waals surface area contributed by atoms with Gasteiger partial charge in [0.25, 0.3) is 0 Å². The molecule has 9 heteroatoms. The van der Waals surface area contributed by atoms with Crippen molar-refractivity contribution in [2.45, 2.75) is 84.1 Å². The second kappa shape index (κ2) is 11.8. The lowest BCUT2D eigenvalue weighted by atomic mass is 9.89. The first kappa shape index (κ1) is 24.8. The summed E-state index contributed by atoms with van der Waals surface area (Å²) >= 11 is 0. The third kappa shape index (κ3) is 7.63. The fourth-order valence-electron chi connectivity index (χ4n) is 4.08. The van der Waals surface area contributed by atoms with Crippen LogP contribution in [0.2, 0.25) is 0 Å². The standard InChI is InChI=1S/C22H36N4O5/c1-16(2)15-26(14-11-20(29)30-4)19(28)10-9-18-23-21(25-31-18)22(24-17(3)27)12-7-5-6-8-13-22/h16H,5-15H2,1-4H3,(H,24,27). The van der Waals surface area contributed by atoms with Crippen molar-refractivity contribution in [1.82, 2.24) is 20.4 Å². The van der Waals surface area contributed by atoms with E-state index in [2.05, 4.69) is 20.2 Å². The van der Waals surface area contributed by atoms with E-state index in [1.165, 1.54) is 14.0 Å². The summed E-state index contributed by atoms with van der Waals surface area (Å²) in [6.07, 6.45) is 6.48.